The van der Waals surface area contributed by atoms with Crippen LogP contribution in [0.1, 0.15) is 10.6 Å². The number of para-hydroxylation sites is 1. The molecule has 0 spiro atoms. The summed E-state index contributed by atoms with van der Waals surface area (Å²) >= 11 is 5.11. The van der Waals surface area contributed by atoms with Gasteiger partial charge in [-0.25, -0.2) is 4.39 Å². The zero-order valence-corrected chi connectivity index (χ0v) is 7.14. The van der Waals surface area contributed by atoms with Crippen molar-refractivity contribution in [1.29, 1.82) is 0 Å². The van der Waals surface area contributed by atoms with E-state index in [1.807, 2.05) is 0 Å². The SMILES string of the molecule is O=C(Cl)c1oc2ccccc2c1F. The van der Waals surface area contributed by atoms with Gasteiger partial charge in [0.25, 0.3) is 5.24 Å². The van der Waals surface area contributed by atoms with E-state index in [1.54, 1.807) is 18.2 Å². The molecule has 1 heterocycles. The number of hydrogen-bond acceptors (Lipinski definition) is 2. The molecule has 0 N–H and O–H groups in total. The van der Waals surface area contributed by atoms with Gasteiger partial charge in [-0.3, -0.25) is 4.79 Å². The van der Waals surface area contributed by atoms with E-state index < -0.39 is 16.8 Å². The van der Waals surface area contributed by atoms with E-state index in [2.05, 4.69) is 0 Å². The maximum absolute atomic E-state index is 13.3. The lowest BCUT2D eigenvalue weighted by molar-refractivity contribution is 0.105. The molecule has 0 saturated carbocycles. The van der Waals surface area contributed by atoms with Crippen molar-refractivity contribution >= 4 is 27.8 Å². The van der Waals surface area contributed by atoms with Gasteiger partial charge in [0.1, 0.15) is 5.58 Å². The first-order chi connectivity index (χ1) is 6.20. The number of hydrogen-bond donors (Lipinski definition) is 0. The first kappa shape index (κ1) is 8.26. The number of fused-ring (bicyclic) bond motifs is 1. The van der Waals surface area contributed by atoms with Gasteiger partial charge in [-0.1, -0.05) is 12.1 Å². The third kappa shape index (κ3) is 1.21. The summed E-state index contributed by atoms with van der Waals surface area (Å²) in [5.41, 5.74) is 0.323. The van der Waals surface area contributed by atoms with Crippen molar-refractivity contribution in [3.05, 3.63) is 35.8 Å². The van der Waals surface area contributed by atoms with Crippen LogP contribution < -0.4 is 0 Å². The molecule has 0 atom stereocenters. The Bertz CT molecular complexity index is 475. The van der Waals surface area contributed by atoms with Gasteiger partial charge in [0.15, 0.2) is 5.82 Å². The normalized spacial score (nSPS) is 10.6. The van der Waals surface area contributed by atoms with E-state index in [-0.39, 0.29) is 5.39 Å². The summed E-state index contributed by atoms with van der Waals surface area (Å²) < 4.78 is 18.2. The van der Waals surface area contributed by atoms with E-state index in [4.69, 9.17) is 16.0 Å². The van der Waals surface area contributed by atoms with Crippen molar-refractivity contribution in [2.45, 2.75) is 0 Å². The third-order valence-corrected chi connectivity index (χ3v) is 1.89. The van der Waals surface area contributed by atoms with Crippen molar-refractivity contribution in [3.63, 3.8) is 0 Å². The van der Waals surface area contributed by atoms with Crippen LogP contribution in [0, 0.1) is 5.82 Å². The van der Waals surface area contributed by atoms with Gasteiger partial charge >= 0.3 is 0 Å². The molecule has 0 radical (unpaired) electrons. The monoisotopic (exact) mass is 198 g/mol. The van der Waals surface area contributed by atoms with E-state index in [0.29, 0.717) is 5.58 Å². The van der Waals surface area contributed by atoms with Gasteiger partial charge in [0.05, 0.1) is 5.39 Å². The summed E-state index contributed by atoms with van der Waals surface area (Å²) in [6, 6.07) is 6.44. The molecule has 0 fully saturated rings. The van der Waals surface area contributed by atoms with E-state index >= 15 is 0 Å². The summed E-state index contributed by atoms with van der Waals surface area (Å²) in [7, 11) is 0. The Labute approximate surface area is 77.9 Å². The molecule has 2 aromatic rings. The van der Waals surface area contributed by atoms with Gasteiger partial charge in [-0.15, -0.1) is 0 Å². The first-order valence-electron chi connectivity index (χ1n) is 3.57. The van der Waals surface area contributed by atoms with Gasteiger partial charge in [-0.05, 0) is 23.7 Å². The van der Waals surface area contributed by atoms with Crippen LogP contribution in [0.25, 0.3) is 11.0 Å². The minimum absolute atomic E-state index is 0.270. The lowest BCUT2D eigenvalue weighted by Crippen LogP contribution is -1.87. The van der Waals surface area contributed by atoms with Crippen LogP contribution in [-0.2, 0) is 0 Å². The molecule has 0 aliphatic rings. The minimum Gasteiger partial charge on any atom is -0.448 e. The van der Waals surface area contributed by atoms with Gasteiger partial charge < -0.3 is 4.42 Å². The van der Waals surface area contributed by atoms with Crippen LogP contribution in [0.3, 0.4) is 0 Å². The van der Waals surface area contributed by atoms with Gasteiger partial charge in [0.2, 0.25) is 5.76 Å². The highest BCUT2D eigenvalue weighted by molar-refractivity contribution is 6.67. The van der Waals surface area contributed by atoms with Crippen molar-refractivity contribution < 1.29 is 13.6 Å². The fourth-order valence-corrected chi connectivity index (χ4v) is 1.26. The lowest BCUT2D eigenvalue weighted by Gasteiger charge is -1.82. The number of carbonyl (C=O) groups is 1. The van der Waals surface area contributed by atoms with E-state index in [0.717, 1.165) is 0 Å². The highest BCUT2D eigenvalue weighted by Gasteiger charge is 2.18. The molecule has 0 aliphatic heterocycles. The Kier molecular flexibility index (Phi) is 1.81. The van der Waals surface area contributed by atoms with Crippen LogP contribution >= 0.6 is 11.6 Å². The fourth-order valence-electron chi connectivity index (χ4n) is 1.14. The molecule has 1 aromatic carbocycles. The number of carbonyl (C=O) groups excluding carboxylic acids is 1. The second-order valence-electron chi connectivity index (χ2n) is 2.52. The Balaban J connectivity index is 2.81. The van der Waals surface area contributed by atoms with Gasteiger partial charge in [0, 0.05) is 0 Å². The Morgan fingerprint density at radius 2 is 2.08 bits per heavy atom. The second kappa shape index (κ2) is 2.85. The highest BCUT2D eigenvalue weighted by atomic mass is 35.5. The van der Waals surface area contributed by atoms with Crippen LogP contribution in [0.4, 0.5) is 4.39 Å². The molecule has 0 unspecified atom stereocenters. The molecule has 2 rings (SSSR count). The molecule has 2 nitrogen and oxygen atoms in total. The summed E-state index contributed by atoms with van der Waals surface area (Å²) in [6.07, 6.45) is 0. The average molecular weight is 199 g/mol. The van der Waals surface area contributed by atoms with Crippen molar-refractivity contribution in [1.82, 2.24) is 0 Å². The van der Waals surface area contributed by atoms with E-state index in [1.165, 1.54) is 6.07 Å². The topological polar surface area (TPSA) is 30.2 Å². The Morgan fingerprint density at radius 1 is 1.38 bits per heavy atom. The standard InChI is InChI=1S/C9H4ClFO2/c10-9(12)8-7(11)5-3-1-2-4-6(5)13-8/h1-4H. The number of halogens is 2. The summed E-state index contributed by atoms with van der Waals surface area (Å²) in [5.74, 6) is -1.13. The van der Waals surface area contributed by atoms with E-state index in [9.17, 15) is 9.18 Å². The molecule has 66 valence electrons. The Morgan fingerprint density at radius 3 is 2.69 bits per heavy atom. The number of rotatable bonds is 1. The number of benzene rings is 1. The summed E-state index contributed by atoms with van der Waals surface area (Å²) in [4.78, 5) is 10.7. The predicted octanol–water partition coefficient (Wildman–Crippen LogP) is 2.95. The molecule has 0 saturated heterocycles. The predicted molar refractivity (Wildman–Crippen MR) is 46.4 cm³/mol. The molecule has 13 heavy (non-hydrogen) atoms. The molecule has 0 bridgehead atoms. The summed E-state index contributed by atoms with van der Waals surface area (Å²) in [6.45, 7) is 0. The maximum Gasteiger partial charge on any atom is 0.290 e. The number of furan rings is 1. The highest BCUT2D eigenvalue weighted by Crippen LogP contribution is 2.24. The molecular formula is C9H4ClFO2. The van der Waals surface area contributed by atoms with Crippen LogP contribution in [0.5, 0.6) is 0 Å². The summed E-state index contributed by atoms with van der Waals surface area (Å²) in [5, 5.41) is -0.653. The lowest BCUT2D eigenvalue weighted by atomic mass is 10.2. The quantitative estimate of drug-likeness (QED) is 0.660. The van der Waals surface area contributed by atoms with Crippen LogP contribution in [-0.4, -0.2) is 5.24 Å². The van der Waals surface area contributed by atoms with Crippen LogP contribution in [0.2, 0.25) is 0 Å². The Hall–Kier alpha value is -1.35. The average Bonchev–Trinajstić information content (AvgIpc) is 2.45. The fraction of sp³-hybridized carbons (Fsp3) is 0. The molecule has 4 heteroatoms. The second-order valence-corrected chi connectivity index (χ2v) is 2.86. The van der Waals surface area contributed by atoms with Crippen molar-refractivity contribution in [2.24, 2.45) is 0 Å². The van der Waals surface area contributed by atoms with Crippen LogP contribution in [0.15, 0.2) is 28.7 Å². The molecular weight excluding hydrogens is 195 g/mol. The van der Waals surface area contributed by atoms with Crippen molar-refractivity contribution in [2.75, 3.05) is 0 Å². The zero-order valence-electron chi connectivity index (χ0n) is 6.38. The zero-order chi connectivity index (χ0) is 9.42. The van der Waals surface area contributed by atoms with Gasteiger partial charge in [-0.2, -0.15) is 0 Å². The third-order valence-electron chi connectivity index (χ3n) is 1.71. The molecule has 0 amide bonds. The van der Waals surface area contributed by atoms with Crippen molar-refractivity contribution in [3.8, 4) is 0 Å². The smallest absolute Gasteiger partial charge is 0.290 e. The maximum atomic E-state index is 13.3. The molecule has 1 aromatic heterocycles. The first-order valence-corrected chi connectivity index (χ1v) is 3.95. The minimum atomic E-state index is -0.922. The molecule has 0 aliphatic carbocycles. The largest absolute Gasteiger partial charge is 0.448 e.